The van der Waals surface area contributed by atoms with Crippen molar-refractivity contribution in [3.8, 4) is 5.75 Å². The van der Waals surface area contributed by atoms with Crippen molar-refractivity contribution in [2.75, 3.05) is 31.5 Å². The fourth-order valence-corrected chi connectivity index (χ4v) is 7.53. The SMILES string of the molecule is Cc1noc(C)c1S(=O)(=O)N(C)C[C@@H]1Oc2ccc(NS(=O)(=O)c3ccc(Cl)cc3)cc2CC(=O)N([C@@H](C)CO)C[C@@H]1C. The third-order valence-electron chi connectivity index (χ3n) is 7.37. The lowest BCUT2D eigenvalue weighted by molar-refractivity contribution is -0.134. The van der Waals surface area contributed by atoms with Crippen molar-refractivity contribution in [1.29, 1.82) is 0 Å². The van der Waals surface area contributed by atoms with Gasteiger partial charge in [-0.1, -0.05) is 23.7 Å². The number of aliphatic hydroxyl groups excluding tert-OH is 1. The number of likely N-dealkylation sites (N-methyl/N-ethyl adjacent to an activating group) is 1. The Morgan fingerprint density at radius 2 is 1.84 bits per heavy atom. The zero-order valence-corrected chi connectivity index (χ0v) is 26.8. The van der Waals surface area contributed by atoms with Crippen molar-refractivity contribution in [3.63, 3.8) is 0 Å². The van der Waals surface area contributed by atoms with Gasteiger partial charge in [-0.2, -0.15) is 4.31 Å². The van der Waals surface area contributed by atoms with Crippen LogP contribution in [-0.4, -0.2) is 81.1 Å². The summed E-state index contributed by atoms with van der Waals surface area (Å²) in [4.78, 5) is 15.0. The van der Waals surface area contributed by atoms with Crippen molar-refractivity contribution in [2.24, 2.45) is 5.92 Å². The number of amides is 1. The molecule has 0 bridgehead atoms. The van der Waals surface area contributed by atoms with E-state index in [0.717, 1.165) is 4.31 Å². The van der Waals surface area contributed by atoms with Gasteiger partial charge in [-0.05, 0) is 63.2 Å². The summed E-state index contributed by atoms with van der Waals surface area (Å²) in [7, 11) is -6.53. The fraction of sp³-hybridized carbons (Fsp3) is 0.429. The Bertz CT molecular complexity index is 1670. The summed E-state index contributed by atoms with van der Waals surface area (Å²) in [6.07, 6.45) is -0.863. The first kappa shape index (κ1) is 32.7. The van der Waals surface area contributed by atoms with Crippen LogP contribution in [-0.2, 0) is 31.3 Å². The summed E-state index contributed by atoms with van der Waals surface area (Å²) < 4.78 is 68.1. The van der Waals surface area contributed by atoms with Crippen LogP contribution in [0.2, 0.25) is 5.02 Å². The smallest absolute Gasteiger partial charge is 0.261 e. The highest BCUT2D eigenvalue weighted by Crippen LogP contribution is 2.31. The van der Waals surface area contributed by atoms with Crippen LogP contribution in [0.25, 0.3) is 0 Å². The first-order chi connectivity index (χ1) is 20.1. The highest BCUT2D eigenvalue weighted by atomic mass is 35.5. The van der Waals surface area contributed by atoms with Crippen LogP contribution in [0.3, 0.4) is 0 Å². The van der Waals surface area contributed by atoms with Crippen LogP contribution in [0.1, 0.15) is 30.9 Å². The highest BCUT2D eigenvalue weighted by molar-refractivity contribution is 7.92. The van der Waals surface area contributed by atoms with E-state index in [9.17, 15) is 26.7 Å². The number of aromatic nitrogens is 1. The van der Waals surface area contributed by atoms with Crippen LogP contribution < -0.4 is 9.46 Å². The number of benzene rings is 2. The molecule has 2 aromatic carbocycles. The van der Waals surface area contributed by atoms with Crippen molar-refractivity contribution in [3.05, 3.63) is 64.5 Å². The molecule has 2 N–H and O–H groups in total. The molecule has 2 heterocycles. The van der Waals surface area contributed by atoms with Crippen molar-refractivity contribution < 1.29 is 36.0 Å². The van der Waals surface area contributed by atoms with Crippen LogP contribution in [0.15, 0.2) is 56.8 Å². The maximum Gasteiger partial charge on any atom is 0.261 e. The Morgan fingerprint density at radius 3 is 2.44 bits per heavy atom. The average Bonchev–Trinajstić information content (AvgIpc) is 3.31. The first-order valence-electron chi connectivity index (χ1n) is 13.5. The second-order valence-corrected chi connectivity index (χ2v) is 14.8. The number of carbonyl (C=O) groups is 1. The second kappa shape index (κ2) is 12.8. The van der Waals surface area contributed by atoms with Gasteiger partial charge >= 0.3 is 0 Å². The van der Waals surface area contributed by atoms with Crippen molar-refractivity contribution in [2.45, 2.75) is 56.1 Å². The van der Waals surface area contributed by atoms with Gasteiger partial charge in [-0.3, -0.25) is 9.52 Å². The minimum Gasteiger partial charge on any atom is -0.488 e. The van der Waals surface area contributed by atoms with E-state index in [1.54, 1.807) is 19.9 Å². The molecular formula is C28H35ClN4O8S2. The molecule has 0 saturated heterocycles. The zero-order valence-electron chi connectivity index (χ0n) is 24.4. The quantitative estimate of drug-likeness (QED) is 0.353. The maximum atomic E-state index is 13.5. The number of aryl methyl sites for hydroxylation is 2. The Labute approximate surface area is 256 Å². The number of hydrogen-bond donors (Lipinski definition) is 2. The molecule has 0 spiro atoms. The minimum atomic E-state index is -4.00. The molecule has 0 saturated carbocycles. The van der Waals surface area contributed by atoms with Crippen LogP contribution in [0.4, 0.5) is 5.69 Å². The summed E-state index contributed by atoms with van der Waals surface area (Å²) in [5, 5.41) is 14.0. The fourth-order valence-electron chi connectivity index (χ4n) is 4.89. The van der Waals surface area contributed by atoms with Gasteiger partial charge in [0.1, 0.15) is 22.4 Å². The molecule has 0 aliphatic carbocycles. The first-order valence-corrected chi connectivity index (χ1v) is 16.8. The van der Waals surface area contributed by atoms with E-state index in [1.807, 2.05) is 6.92 Å². The molecular weight excluding hydrogens is 620 g/mol. The summed E-state index contributed by atoms with van der Waals surface area (Å²) in [5.41, 5.74) is 0.834. The maximum absolute atomic E-state index is 13.5. The van der Waals surface area contributed by atoms with Gasteiger partial charge in [-0.15, -0.1) is 0 Å². The normalized spacial score (nSPS) is 18.8. The average molecular weight is 655 g/mol. The number of nitrogens with zero attached hydrogens (tertiary/aromatic N) is 3. The van der Waals surface area contributed by atoms with Gasteiger partial charge in [0, 0.05) is 35.8 Å². The minimum absolute atomic E-state index is 0.00662. The molecule has 1 aliphatic heterocycles. The summed E-state index contributed by atoms with van der Waals surface area (Å²) in [6, 6.07) is 9.74. The summed E-state index contributed by atoms with van der Waals surface area (Å²) in [5.74, 6) is -0.191. The molecule has 3 atom stereocenters. The lowest BCUT2D eigenvalue weighted by Crippen LogP contribution is -2.48. The number of ether oxygens (including phenoxy) is 1. The number of anilines is 1. The predicted molar refractivity (Wildman–Crippen MR) is 160 cm³/mol. The predicted octanol–water partition coefficient (Wildman–Crippen LogP) is 3.22. The molecule has 15 heteroatoms. The molecule has 3 aromatic rings. The van der Waals surface area contributed by atoms with E-state index in [-0.39, 0.29) is 64.9 Å². The molecule has 1 aromatic heterocycles. The Kier molecular flexibility index (Phi) is 9.76. The van der Waals surface area contributed by atoms with Crippen molar-refractivity contribution >= 4 is 43.2 Å². The Hall–Kier alpha value is -3.17. The molecule has 1 amide bonds. The number of aliphatic hydroxyl groups is 1. The molecule has 234 valence electrons. The lowest BCUT2D eigenvalue weighted by Gasteiger charge is -2.33. The monoisotopic (exact) mass is 654 g/mol. The number of hydrogen-bond acceptors (Lipinski definition) is 9. The van der Waals surface area contributed by atoms with Gasteiger partial charge in [0.05, 0.1) is 30.5 Å². The van der Waals surface area contributed by atoms with E-state index in [2.05, 4.69) is 9.88 Å². The molecule has 43 heavy (non-hydrogen) atoms. The largest absolute Gasteiger partial charge is 0.488 e. The summed E-state index contributed by atoms with van der Waals surface area (Å²) in [6.45, 7) is 6.45. The third kappa shape index (κ3) is 7.15. The van der Waals surface area contributed by atoms with E-state index < -0.39 is 32.2 Å². The molecule has 0 fully saturated rings. The van der Waals surface area contributed by atoms with Gasteiger partial charge in [0.25, 0.3) is 10.0 Å². The van der Waals surface area contributed by atoms with Crippen LogP contribution in [0, 0.1) is 19.8 Å². The number of halogens is 1. The standard InChI is InChI=1S/C28H35ClN4O8S2/c1-17-14-33(18(2)16-34)27(35)13-21-12-23(31-42(36,37)24-9-6-22(29)7-10-24)8-11-25(21)40-26(17)15-32(5)43(38,39)28-19(3)30-41-20(28)4/h6-12,17-18,26,31,34H,13-16H2,1-5H3/t17-,18-,26-/m0/s1. The van der Waals surface area contributed by atoms with Gasteiger partial charge < -0.3 is 19.3 Å². The zero-order chi connectivity index (χ0) is 31.7. The van der Waals surface area contributed by atoms with Gasteiger partial charge in [0.15, 0.2) is 5.76 Å². The third-order valence-corrected chi connectivity index (χ3v) is 11.1. The van der Waals surface area contributed by atoms with E-state index >= 15 is 0 Å². The number of carbonyl (C=O) groups excluding carboxylic acids is 1. The molecule has 12 nitrogen and oxygen atoms in total. The van der Waals surface area contributed by atoms with Crippen molar-refractivity contribution in [1.82, 2.24) is 14.4 Å². The molecule has 4 rings (SSSR count). The topological polar surface area (TPSA) is 159 Å². The van der Waals surface area contributed by atoms with Crippen LogP contribution in [0.5, 0.6) is 5.75 Å². The number of sulfonamides is 2. The Morgan fingerprint density at radius 1 is 1.16 bits per heavy atom. The lowest BCUT2D eigenvalue weighted by atomic mass is 10.0. The number of nitrogens with one attached hydrogen (secondary N) is 1. The second-order valence-electron chi connectivity index (χ2n) is 10.7. The van der Waals surface area contributed by atoms with E-state index in [1.165, 1.54) is 55.3 Å². The molecule has 1 aliphatic rings. The molecule has 0 radical (unpaired) electrons. The highest BCUT2D eigenvalue weighted by Gasteiger charge is 2.35. The number of fused-ring (bicyclic) bond motifs is 1. The summed E-state index contributed by atoms with van der Waals surface area (Å²) >= 11 is 5.90. The van der Waals surface area contributed by atoms with Crippen LogP contribution >= 0.6 is 11.6 Å². The van der Waals surface area contributed by atoms with Gasteiger partial charge in [-0.25, -0.2) is 16.8 Å². The van der Waals surface area contributed by atoms with Gasteiger partial charge in [0.2, 0.25) is 15.9 Å². The number of rotatable bonds is 9. The Balaban J connectivity index is 1.69. The van der Waals surface area contributed by atoms with E-state index in [4.69, 9.17) is 20.9 Å². The molecule has 0 unspecified atom stereocenters. The van der Waals surface area contributed by atoms with E-state index in [0.29, 0.717) is 16.3 Å².